The summed E-state index contributed by atoms with van der Waals surface area (Å²) in [5.41, 5.74) is 0.965. The summed E-state index contributed by atoms with van der Waals surface area (Å²) < 4.78 is 0. The minimum absolute atomic E-state index is 0.491. The van der Waals surface area contributed by atoms with Gasteiger partial charge in [-0.3, -0.25) is 9.69 Å². The molecule has 1 aromatic rings. The predicted octanol–water partition coefficient (Wildman–Crippen LogP) is 1.79. The Morgan fingerprint density at radius 3 is 2.83 bits per heavy atom. The summed E-state index contributed by atoms with van der Waals surface area (Å²) in [4.78, 5) is 16.0. The Morgan fingerprint density at radius 1 is 1.44 bits per heavy atom. The molecule has 0 aliphatic carbocycles. The number of thiophene rings is 1. The van der Waals surface area contributed by atoms with Crippen LogP contribution in [0.15, 0.2) is 6.07 Å². The summed E-state index contributed by atoms with van der Waals surface area (Å²) in [6.45, 7) is 7.53. The molecule has 4 nitrogen and oxygen atoms in total. The average molecular weight is 268 g/mol. The van der Waals surface area contributed by atoms with E-state index in [0.717, 1.165) is 43.0 Å². The first-order valence-corrected chi connectivity index (χ1v) is 7.15. The van der Waals surface area contributed by atoms with Crippen LogP contribution in [0.3, 0.4) is 0 Å². The van der Waals surface area contributed by atoms with Crippen LogP contribution in [0.1, 0.15) is 27.8 Å². The third-order valence-electron chi connectivity index (χ3n) is 3.35. The molecule has 0 radical (unpaired) electrons. The third-order valence-corrected chi connectivity index (χ3v) is 4.33. The van der Waals surface area contributed by atoms with E-state index in [2.05, 4.69) is 10.2 Å². The maximum atomic E-state index is 11.6. The minimum Gasteiger partial charge on any atom is -0.480 e. The molecule has 0 saturated carbocycles. The molecule has 2 heterocycles. The number of carbonyl (C=O) groups is 1. The predicted molar refractivity (Wildman–Crippen MR) is 73.2 cm³/mol. The lowest BCUT2D eigenvalue weighted by atomic mass is 10.1. The van der Waals surface area contributed by atoms with Crippen molar-refractivity contribution in [3.8, 4) is 0 Å². The lowest BCUT2D eigenvalue weighted by Gasteiger charge is -2.27. The highest BCUT2D eigenvalue weighted by Gasteiger charge is 2.29. The topological polar surface area (TPSA) is 52.6 Å². The Morgan fingerprint density at radius 2 is 2.22 bits per heavy atom. The first-order valence-electron chi connectivity index (χ1n) is 6.34. The first-order chi connectivity index (χ1) is 8.59. The van der Waals surface area contributed by atoms with Crippen LogP contribution in [-0.2, 0) is 4.79 Å². The zero-order valence-corrected chi connectivity index (χ0v) is 11.7. The van der Waals surface area contributed by atoms with Gasteiger partial charge in [0.2, 0.25) is 0 Å². The van der Waals surface area contributed by atoms with Crippen molar-refractivity contribution in [2.45, 2.75) is 26.3 Å². The fourth-order valence-electron chi connectivity index (χ4n) is 2.53. The largest absolute Gasteiger partial charge is 0.480 e. The second kappa shape index (κ2) is 5.82. The van der Waals surface area contributed by atoms with Crippen LogP contribution >= 0.6 is 11.3 Å². The standard InChI is InChI=1S/C13H20N2O2S/c1-9-8-11(10(2)18-9)12(13(16)17)15-6-3-4-14-5-7-15/h8,12,14H,3-7H2,1-2H3,(H,16,17). The van der Waals surface area contributed by atoms with E-state index in [1.165, 1.54) is 4.88 Å². The van der Waals surface area contributed by atoms with Crippen LogP contribution in [0.2, 0.25) is 0 Å². The number of nitrogens with zero attached hydrogens (tertiary/aromatic N) is 1. The van der Waals surface area contributed by atoms with Crippen molar-refractivity contribution >= 4 is 17.3 Å². The summed E-state index contributed by atoms with van der Waals surface area (Å²) in [6.07, 6.45) is 1.01. The molecule has 5 heteroatoms. The number of carboxylic acid groups (broad SMARTS) is 1. The van der Waals surface area contributed by atoms with Crippen LogP contribution in [0.5, 0.6) is 0 Å². The lowest BCUT2D eigenvalue weighted by molar-refractivity contribution is -0.143. The number of aliphatic carboxylic acids is 1. The number of nitrogens with one attached hydrogen (secondary N) is 1. The average Bonchev–Trinajstić information content (AvgIpc) is 2.54. The van der Waals surface area contributed by atoms with Gasteiger partial charge in [-0.15, -0.1) is 11.3 Å². The first kappa shape index (κ1) is 13.5. The van der Waals surface area contributed by atoms with Crippen molar-refractivity contribution in [2.24, 2.45) is 0 Å². The molecule has 2 rings (SSSR count). The van der Waals surface area contributed by atoms with Crippen LogP contribution in [0.4, 0.5) is 0 Å². The molecule has 1 atom stereocenters. The maximum Gasteiger partial charge on any atom is 0.325 e. The molecule has 18 heavy (non-hydrogen) atoms. The number of aryl methyl sites for hydroxylation is 2. The van der Waals surface area contributed by atoms with Crippen LogP contribution < -0.4 is 5.32 Å². The van der Waals surface area contributed by atoms with E-state index in [-0.39, 0.29) is 0 Å². The number of carboxylic acids is 1. The highest BCUT2D eigenvalue weighted by atomic mass is 32.1. The third kappa shape index (κ3) is 2.91. The van der Waals surface area contributed by atoms with Gasteiger partial charge in [0.05, 0.1) is 0 Å². The molecule has 1 saturated heterocycles. The zero-order valence-electron chi connectivity index (χ0n) is 10.9. The highest BCUT2D eigenvalue weighted by Crippen LogP contribution is 2.30. The van der Waals surface area contributed by atoms with Crippen molar-refractivity contribution in [1.82, 2.24) is 10.2 Å². The van der Waals surface area contributed by atoms with E-state index in [1.807, 2.05) is 19.9 Å². The van der Waals surface area contributed by atoms with E-state index in [0.29, 0.717) is 0 Å². The van der Waals surface area contributed by atoms with Crippen LogP contribution in [-0.4, -0.2) is 42.2 Å². The maximum absolute atomic E-state index is 11.6. The second-order valence-electron chi connectivity index (χ2n) is 4.75. The van der Waals surface area contributed by atoms with Gasteiger partial charge in [0.15, 0.2) is 0 Å². The smallest absolute Gasteiger partial charge is 0.325 e. The van der Waals surface area contributed by atoms with Gasteiger partial charge >= 0.3 is 5.97 Å². The fourth-order valence-corrected chi connectivity index (χ4v) is 3.49. The van der Waals surface area contributed by atoms with Crippen molar-refractivity contribution in [3.63, 3.8) is 0 Å². The summed E-state index contributed by atoms with van der Waals surface area (Å²) in [6, 6.07) is 1.53. The van der Waals surface area contributed by atoms with E-state index in [4.69, 9.17) is 0 Å². The fraction of sp³-hybridized carbons (Fsp3) is 0.615. The Hall–Kier alpha value is -0.910. The number of rotatable bonds is 3. The Balaban J connectivity index is 2.27. The molecule has 1 aromatic heterocycles. The molecule has 1 aliphatic heterocycles. The zero-order chi connectivity index (χ0) is 13.1. The molecule has 1 unspecified atom stereocenters. The van der Waals surface area contributed by atoms with Crippen molar-refractivity contribution < 1.29 is 9.90 Å². The molecular formula is C13H20N2O2S. The van der Waals surface area contributed by atoms with E-state index >= 15 is 0 Å². The SMILES string of the molecule is Cc1cc(C(C(=O)O)N2CCCNCC2)c(C)s1. The lowest BCUT2D eigenvalue weighted by Crippen LogP contribution is -2.36. The molecule has 0 bridgehead atoms. The molecule has 1 fully saturated rings. The van der Waals surface area contributed by atoms with Crippen molar-refractivity contribution in [1.29, 1.82) is 0 Å². The van der Waals surface area contributed by atoms with Gasteiger partial charge in [-0.1, -0.05) is 0 Å². The van der Waals surface area contributed by atoms with Gasteiger partial charge in [-0.2, -0.15) is 0 Å². The normalized spacial score (nSPS) is 19.4. The molecule has 2 N–H and O–H groups in total. The van der Waals surface area contributed by atoms with Crippen LogP contribution in [0.25, 0.3) is 0 Å². The summed E-state index contributed by atoms with van der Waals surface area (Å²) >= 11 is 1.68. The highest BCUT2D eigenvalue weighted by molar-refractivity contribution is 7.12. The number of hydrogen-bond acceptors (Lipinski definition) is 4. The molecule has 1 aliphatic rings. The van der Waals surface area contributed by atoms with E-state index in [1.54, 1.807) is 11.3 Å². The van der Waals surface area contributed by atoms with Crippen LogP contribution in [0, 0.1) is 13.8 Å². The monoisotopic (exact) mass is 268 g/mol. The van der Waals surface area contributed by atoms with Gasteiger partial charge < -0.3 is 10.4 Å². The van der Waals surface area contributed by atoms with Crippen molar-refractivity contribution in [3.05, 3.63) is 21.4 Å². The molecule has 0 spiro atoms. The Kier molecular flexibility index (Phi) is 4.37. The Labute approximate surface area is 112 Å². The summed E-state index contributed by atoms with van der Waals surface area (Å²) in [7, 11) is 0. The molecule has 100 valence electrons. The van der Waals surface area contributed by atoms with Gasteiger partial charge in [0.1, 0.15) is 6.04 Å². The van der Waals surface area contributed by atoms with Gasteiger partial charge in [0, 0.05) is 29.4 Å². The van der Waals surface area contributed by atoms with E-state index in [9.17, 15) is 9.90 Å². The Bertz CT molecular complexity index is 423. The number of hydrogen-bond donors (Lipinski definition) is 2. The quantitative estimate of drug-likeness (QED) is 0.877. The summed E-state index contributed by atoms with van der Waals surface area (Å²) in [5.74, 6) is -0.738. The molecule has 0 aromatic carbocycles. The summed E-state index contributed by atoms with van der Waals surface area (Å²) in [5, 5.41) is 12.9. The van der Waals surface area contributed by atoms with Gasteiger partial charge in [-0.05, 0) is 38.4 Å². The van der Waals surface area contributed by atoms with Gasteiger partial charge in [-0.25, -0.2) is 0 Å². The van der Waals surface area contributed by atoms with E-state index < -0.39 is 12.0 Å². The molecule has 0 amide bonds. The molecular weight excluding hydrogens is 248 g/mol. The minimum atomic E-state index is -0.738. The second-order valence-corrected chi connectivity index (χ2v) is 6.21. The van der Waals surface area contributed by atoms with Gasteiger partial charge in [0.25, 0.3) is 0 Å². The van der Waals surface area contributed by atoms with Crippen molar-refractivity contribution in [2.75, 3.05) is 26.2 Å².